The van der Waals surface area contributed by atoms with E-state index in [1.165, 1.54) is 0 Å². The first-order valence-corrected chi connectivity index (χ1v) is 6.08. The van der Waals surface area contributed by atoms with E-state index in [2.05, 4.69) is 10.4 Å². The molecular weight excluding hydrogens is 216 g/mol. The van der Waals surface area contributed by atoms with Gasteiger partial charge in [0.1, 0.15) is 0 Å². The highest BCUT2D eigenvalue weighted by Gasteiger charge is 2.29. The molecule has 0 bridgehead atoms. The van der Waals surface area contributed by atoms with Crippen LogP contribution in [0.1, 0.15) is 32.3 Å². The molecule has 0 fully saturated rings. The third kappa shape index (κ3) is 3.56. The zero-order chi connectivity index (χ0) is 12.9. The van der Waals surface area contributed by atoms with Crippen molar-refractivity contribution in [1.29, 1.82) is 0 Å². The van der Waals surface area contributed by atoms with Crippen molar-refractivity contribution in [2.45, 2.75) is 45.7 Å². The lowest BCUT2D eigenvalue weighted by Gasteiger charge is -2.25. The fraction of sp³-hybridized carbons (Fsp3) is 0.667. The summed E-state index contributed by atoms with van der Waals surface area (Å²) in [5.41, 5.74) is 6.37. The van der Waals surface area contributed by atoms with Crippen molar-refractivity contribution in [3.8, 4) is 0 Å². The summed E-state index contributed by atoms with van der Waals surface area (Å²) < 4.78 is 1.81. The second-order valence-electron chi connectivity index (χ2n) is 4.40. The van der Waals surface area contributed by atoms with Crippen LogP contribution >= 0.6 is 0 Å². The van der Waals surface area contributed by atoms with Crippen LogP contribution in [0.3, 0.4) is 0 Å². The molecule has 3 N–H and O–H groups in total. The molecule has 0 aliphatic rings. The van der Waals surface area contributed by atoms with E-state index in [0.29, 0.717) is 25.9 Å². The van der Waals surface area contributed by atoms with E-state index < -0.39 is 5.54 Å². The number of hydrogen-bond donors (Lipinski definition) is 2. The normalized spacial score (nSPS) is 11.5. The molecule has 1 rings (SSSR count). The molecule has 0 radical (unpaired) electrons. The van der Waals surface area contributed by atoms with Crippen LogP contribution in [0.25, 0.3) is 0 Å². The SMILES string of the molecule is CCC(N)(CC)C(=O)NCCn1cc(C)cn1. The third-order valence-electron chi connectivity index (χ3n) is 3.10. The highest BCUT2D eigenvalue weighted by molar-refractivity contribution is 5.85. The van der Waals surface area contributed by atoms with Crippen LogP contribution in [0.2, 0.25) is 0 Å². The Morgan fingerprint density at radius 3 is 2.65 bits per heavy atom. The van der Waals surface area contributed by atoms with Crippen LogP contribution in [-0.4, -0.2) is 27.8 Å². The van der Waals surface area contributed by atoms with Gasteiger partial charge in [0.15, 0.2) is 0 Å². The van der Waals surface area contributed by atoms with Crippen LogP contribution in [0.5, 0.6) is 0 Å². The number of aryl methyl sites for hydroxylation is 1. The monoisotopic (exact) mass is 238 g/mol. The second kappa shape index (κ2) is 5.82. The van der Waals surface area contributed by atoms with Gasteiger partial charge in [-0.1, -0.05) is 13.8 Å². The third-order valence-corrected chi connectivity index (χ3v) is 3.10. The molecular formula is C12H22N4O. The molecule has 1 amide bonds. The van der Waals surface area contributed by atoms with Gasteiger partial charge in [-0.25, -0.2) is 0 Å². The van der Waals surface area contributed by atoms with Gasteiger partial charge in [-0.3, -0.25) is 9.48 Å². The van der Waals surface area contributed by atoms with Gasteiger partial charge in [0.25, 0.3) is 0 Å². The van der Waals surface area contributed by atoms with E-state index in [9.17, 15) is 4.79 Å². The van der Waals surface area contributed by atoms with Gasteiger partial charge >= 0.3 is 0 Å². The lowest BCUT2D eigenvalue weighted by molar-refractivity contribution is -0.126. The zero-order valence-electron chi connectivity index (χ0n) is 10.9. The smallest absolute Gasteiger partial charge is 0.240 e. The van der Waals surface area contributed by atoms with Gasteiger partial charge in [0.05, 0.1) is 18.3 Å². The van der Waals surface area contributed by atoms with Crippen molar-refractivity contribution in [2.24, 2.45) is 5.73 Å². The minimum Gasteiger partial charge on any atom is -0.353 e. The molecule has 0 unspecified atom stereocenters. The van der Waals surface area contributed by atoms with Gasteiger partial charge < -0.3 is 11.1 Å². The largest absolute Gasteiger partial charge is 0.353 e. The van der Waals surface area contributed by atoms with Crippen molar-refractivity contribution in [3.05, 3.63) is 18.0 Å². The van der Waals surface area contributed by atoms with Gasteiger partial charge in [-0.15, -0.1) is 0 Å². The molecule has 0 aliphatic heterocycles. The van der Waals surface area contributed by atoms with Crippen LogP contribution in [0.4, 0.5) is 0 Å². The lowest BCUT2D eigenvalue weighted by atomic mass is 9.93. The summed E-state index contributed by atoms with van der Waals surface area (Å²) in [5, 5.41) is 7.01. The first-order valence-electron chi connectivity index (χ1n) is 6.08. The Bertz CT molecular complexity index is 368. The van der Waals surface area contributed by atoms with Crippen LogP contribution in [0.15, 0.2) is 12.4 Å². The van der Waals surface area contributed by atoms with Crippen molar-refractivity contribution >= 4 is 5.91 Å². The maximum atomic E-state index is 11.9. The maximum Gasteiger partial charge on any atom is 0.240 e. The number of nitrogens with two attached hydrogens (primary N) is 1. The van der Waals surface area contributed by atoms with Gasteiger partial charge in [0.2, 0.25) is 5.91 Å². The second-order valence-corrected chi connectivity index (χ2v) is 4.40. The Kier molecular flexibility index (Phi) is 4.69. The van der Waals surface area contributed by atoms with E-state index in [-0.39, 0.29) is 5.91 Å². The fourth-order valence-corrected chi connectivity index (χ4v) is 1.62. The van der Waals surface area contributed by atoms with E-state index in [4.69, 9.17) is 5.73 Å². The summed E-state index contributed by atoms with van der Waals surface area (Å²) in [6.45, 7) is 7.07. The Balaban J connectivity index is 2.38. The van der Waals surface area contributed by atoms with Crippen molar-refractivity contribution in [3.63, 3.8) is 0 Å². The quantitative estimate of drug-likeness (QED) is 0.771. The van der Waals surface area contributed by atoms with E-state index in [1.807, 2.05) is 31.6 Å². The molecule has 0 aliphatic carbocycles. The number of aromatic nitrogens is 2. The zero-order valence-corrected chi connectivity index (χ0v) is 10.9. The molecule has 0 aromatic carbocycles. The number of rotatable bonds is 6. The molecule has 0 spiro atoms. The summed E-state index contributed by atoms with van der Waals surface area (Å²) >= 11 is 0. The van der Waals surface area contributed by atoms with E-state index >= 15 is 0 Å². The van der Waals surface area contributed by atoms with Crippen molar-refractivity contribution in [1.82, 2.24) is 15.1 Å². The predicted octanol–water partition coefficient (Wildman–Crippen LogP) is 0.825. The Morgan fingerprint density at radius 1 is 1.53 bits per heavy atom. The Hall–Kier alpha value is -1.36. The molecule has 1 heterocycles. The summed E-state index contributed by atoms with van der Waals surface area (Å²) in [6, 6.07) is 0. The standard InChI is InChI=1S/C12H22N4O/c1-4-12(13,5-2)11(17)14-6-7-16-9-10(3)8-15-16/h8-9H,4-7,13H2,1-3H3,(H,14,17). The van der Waals surface area contributed by atoms with E-state index in [1.54, 1.807) is 6.20 Å². The Labute approximate surface area is 102 Å². The fourth-order valence-electron chi connectivity index (χ4n) is 1.62. The summed E-state index contributed by atoms with van der Waals surface area (Å²) in [5.74, 6) is -0.0774. The molecule has 0 atom stereocenters. The predicted molar refractivity (Wildman–Crippen MR) is 67.5 cm³/mol. The van der Waals surface area contributed by atoms with Crippen LogP contribution < -0.4 is 11.1 Å². The molecule has 5 heteroatoms. The number of nitrogens with zero attached hydrogens (tertiary/aromatic N) is 2. The summed E-state index contributed by atoms with van der Waals surface area (Å²) in [7, 11) is 0. The molecule has 0 saturated heterocycles. The maximum absolute atomic E-state index is 11.9. The Morgan fingerprint density at radius 2 is 2.18 bits per heavy atom. The highest BCUT2D eigenvalue weighted by atomic mass is 16.2. The molecule has 0 saturated carbocycles. The van der Waals surface area contributed by atoms with Crippen LogP contribution in [0, 0.1) is 6.92 Å². The van der Waals surface area contributed by atoms with E-state index in [0.717, 1.165) is 5.56 Å². The number of nitrogens with one attached hydrogen (secondary N) is 1. The lowest BCUT2D eigenvalue weighted by Crippen LogP contribution is -2.53. The molecule has 5 nitrogen and oxygen atoms in total. The first-order chi connectivity index (χ1) is 8.01. The first kappa shape index (κ1) is 13.7. The van der Waals surface area contributed by atoms with Crippen molar-refractivity contribution in [2.75, 3.05) is 6.54 Å². The molecule has 1 aromatic heterocycles. The average Bonchev–Trinajstić information content (AvgIpc) is 2.74. The average molecular weight is 238 g/mol. The van der Waals surface area contributed by atoms with Gasteiger partial charge in [-0.2, -0.15) is 5.10 Å². The van der Waals surface area contributed by atoms with Gasteiger partial charge in [-0.05, 0) is 25.3 Å². The summed E-state index contributed by atoms with van der Waals surface area (Å²) in [6.07, 6.45) is 5.04. The highest BCUT2D eigenvalue weighted by Crippen LogP contribution is 2.10. The number of carbonyl (C=O) groups is 1. The minimum absolute atomic E-state index is 0.0774. The number of carbonyl (C=O) groups excluding carboxylic acids is 1. The minimum atomic E-state index is -0.736. The molecule has 96 valence electrons. The summed E-state index contributed by atoms with van der Waals surface area (Å²) in [4.78, 5) is 11.9. The number of amides is 1. The molecule has 1 aromatic rings. The van der Waals surface area contributed by atoms with Gasteiger partial charge in [0, 0.05) is 12.7 Å². The number of hydrogen-bond acceptors (Lipinski definition) is 3. The topological polar surface area (TPSA) is 72.9 Å². The van der Waals surface area contributed by atoms with Crippen LogP contribution in [-0.2, 0) is 11.3 Å². The van der Waals surface area contributed by atoms with Crippen molar-refractivity contribution < 1.29 is 4.79 Å². The molecule has 17 heavy (non-hydrogen) atoms.